The van der Waals surface area contributed by atoms with Gasteiger partial charge in [-0.3, -0.25) is 9.59 Å². The highest BCUT2D eigenvalue weighted by molar-refractivity contribution is 7.91. The number of esters is 1. The van der Waals surface area contributed by atoms with Crippen molar-refractivity contribution in [3.05, 3.63) is 35.4 Å². The first-order chi connectivity index (χ1) is 11.1. The van der Waals surface area contributed by atoms with Gasteiger partial charge in [-0.15, -0.1) is 0 Å². The van der Waals surface area contributed by atoms with E-state index in [0.29, 0.717) is 6.42 Å². The second-order valence-corrected chi connectivity index (χ2v) is 8.15. The lowest BCUT2D eigenvalue weighted by Gasteiger charge is -2.23. The third kappa shape index (κ3) is 4.54. The van der Waals surface area contributed by atoms with Crippen LogP contribution in [0.4, 0.5) is 0 Å². The molecule has 1 aromatic carbocycles. The van der Waals surface area contributed by atoms with Gasteiger partial charge in [-0.05, 0) is 37.6 Å². The van der Waals surface area contributed by atoms with Crippen molar-refractivity contribution in [2.24, 2.45) is 5.73 Å². The number of sulfone groups is 1. The minimum atomic E-state index is -3.15. The molecular weight excluding hydrogens is 336 g/mol. The molecule has 1 atom stereocenters. The largest absolute Gasteiger partial charge is 0.452 e. The maximum atomic E-state index is 11.9. The summed E-state index contributed by atoms with van der Waals surface area (Å²) in [4.78, 5) is 34.6. The Morgan fingerprint density at radius 3 is 2.29 bits per heavy atom. The monoisotopic (exact) mass is 354 g/mol. The van der Waals surface area contributed by atoms with E-state index in [1.54, 1.807) is 6.92 Å². The second-order valence-electron chi connectivity index (χ2n) is 5.97. The first-order valence-corrected chi connectivity index (χ1v) is 9.01. The van der Waals surface area contributed by atoms with Crippen molar-refractivity contribution < 1.29 is 27.5 Å². The molecule has 0 saturated carbocycles. The van der Waals surface area contributed by atoms with Crippen LogP contribution in [0.25, 0.3) is 0 Å². The van der Waals surface area contributed by atoms with Gasteiger partial charge in [0.05, 0.1) is 22.6 Å². The van der Waals surface area contributed by atoms with E-state index in [-0.39, 0.29) is 22.6 Å². The van der Waals surface area contributed by atoms with Crippen molar-refractivity contribution in [2.75, 3.05) is 18.1 Å². The summed E-state index contributed by atoms with van der Waals surface area (Å²) < 4.78 is 27.9. The Morgan fingerprint density at radius 2 is 1.79 bits per heavy atom. The summed E-state index contributed by atoms with van der Waals surface area (Å²) in [6.07, 6.45) is 0.323. The van der Waals surface area contributed by atoms with Gasteiger partial charge in [0.2, 0.25) is 5.91 Å². The molecule has 0 bridgehead atoms. The molecule has 0 radical (unpaired) electrons. The SMILES string of the molecule is C[C@@]1(NC(=O)COC(=O)c2ccc(C(N)=O)cc2)CCS(=O)(=O)C1. The molecule has 0 unspecified atom stereocenters. The summed E-state index contributed by atoms with van der Waals surface area (Å²) >= 11 is 0. The Labute approximate surface area is 139 Å². The average molecular weight is 354 g/mol. The van der Waals surface area contributed by atoms with E-state index < -0.39 is 39.8 Å². The molecule has 9 heteroatoms. The normalized spacial score (nSPS) is 21.9. The molecule has 0 spiro atoms. The Morgan fingerprint density at radius 1 is 1.21 bits per heavy atom. The highest BCUT2D eigenvalue weighted by Crippen LogP contribution is 2.22. The minimum Gasteiger partial charge on any atom is -0.452 e. The number of benzene rings is 1. The first kappa shape index (κ1) is 17.9. The maximum Gasteiger partial charge on any atom is 0.338 e. The van der Waals surface area contributed by atoms with E-state index in [1.165, 1.54) is 24.3 Å². The molecule has 24 heavy (non-hydrogen) atoms. The van der Waals surface area contributed by atoms with Gasteiger partial charge in [-0.25, -0.2) is 13.2 Å². The van der Waals surface area contributed by atoms with Crippen LogP contribution in [0.1, 0.15) is 34.1 Å². The minimum absolute atomic E-state index is 0.0236. The fourth-order valence-electron chi connectivity index (χ4n) is 2.47. The molecule has 8 nitrogen and oxygen atoms in total. The Bertz CT molecular complexity index is 772. The van der Waals surface area contributed by atoms with Crippen LogP contribution in [0.2, 0.25) is 0 Å². The van der Waals surface area contributed by atoms with Gasteiger partial charge in [-0.2, -0.15) is 0 Å². The molecule has 3 N–H and O–H groups in total. The van der Waals surface area contributed by atoms with Crippen LogP contribution in [0.15, 0.2) is 24.3 Å². The number of carbonyl (C=O) groups excluding carboxylic acids is 3. The summed E-state index contributed by atoms with van der Waals surface area (Å²) in [5.41, 5.74) is 4.67. The van der Waals surface area contributed by atoms with Gasteiger partial charge in [0.1, 0.15) is 0 Å². The van der Waals surface area contributed by atoms with E-state index in [1.807, 2.05) is 0 Å². The summed E-state index contributed by atoms with van der Waals surface area (Å²) in [6, 6.07) is 5.49. The fourth-order valence-corrected chi connectivity index (χ4v) is 4.56. The first-order valence-electron chi connectivity index (χ1n) is 7.19. The van der Waals surface area contributed by atoms with E-state index in [9.17, 15) is 22.8 Å². The summed E-state index contributed by atoms with van der Waals surface area (Å²) in [5.74, 6) is -2.03. The average Bonchev–Trinajstić information content (AvgIpc) is 2.78. The number of hydrogen-bond donors (Lipinski definition) is 2. The lowest BCUT2D eigenvalue weighted by atomic mass is 10.0. The molecule has 1 saturated heterocycles. The predicted molar refractivity (Wildman–Crippen MR) is 85.1 cm³/mol. The molecule has 1 aliphatic heterocycles. The molecule has 0 aromatic heterocycles. The molecule has 1 aromatic rings. The highest BCUT2D eigenvalue weighted by Gasteiger charge is 2.39. The van der Waals surface area contributed by atoms with Crippen molar-refractivity contribution in [1.82, 2.24) is 5.32 Å². The van der Waals surface area contributed by atoms with Crippen molar-refractivity contribution in [1.29, 1.82) is 0 Å². The molecule has 1 fully saturated rings. The molecule has 0 aliphatic carbocycles. The molecular formula is C15H18N2O6S. The van der Waals surface area contributed by atoms with Crippen LogP contribution in [-0.2, 0) is 19.4 Å². The van der Waals surface area contributed by atoms with Gasteiger partial charge in [0, 0.05) is 5.56 Å². The van der Waals surface area contributed by atoms with Crippen molar-refractivity contribution in [3.63, 3.8) is 0 Å². The number of amides is 2. The molecule has 130 valence electrons. The summed E-state index contributed by atoms with van der Waals surface area (Å²) in [7, 11) is -3.15. The Hall–Kier alpha value is -2.42. The van der Waals surface area contributed by atoms with E-state index in [0.717, 1.165) is 0 Å². The van der Waals surface area contributed by atoms with Gasteiger partial charge in [-0.1, -0.05) is 0 Å². The van der Waals surface area contributed by atoms with Crippen LogP contribution >= 0.6 is 0 Å². The number of nitrogens with one attached hydrogen (secondary N) is 1. The zero-order chi connectivity index (χ0) is 18.0. The van der Waals surface area contributed by atoms with Gasteiger partial charge in [0.25, 0.3) is 5.91 Å². The number of rotatable bonds is 5. The number of carbonyl (C=O) groups is 3. The Kier molecular flexibility index (Phi) is 4.93. The number of ether oxygens (including phenoxy) is 1. The van der Waals surface area contributed by atoms with Crippen molar-refractivity contribution >= 4 is 27.6 Å². The fraction of sp³-hybridized carbons (Fsp3) is 0.400. The zero-order valence-corrected chi connectivity index (χ0v) is 13.9. The second kappa shape index (κ2) is 6.60. The van der Waals surface area contributed by atoms with Crippen LogP contribution in [0.3, 0.4) is 0 Å². The van der Waals surface area contributed by atoms with E-state index >= 15 is 0 Å². The third-order valence-electron chi connectivity index (χ3n) is 3.68. The van der Waals surface area contributed by atoms with Crippen LogP contribution in [0.5, 0.6) is 0 Å². The molecule has 2 amide bonds. The summed E-state index contributed by atoms with van der Waals surface area (Å²) in [5, 5.41) is 2.59. The molecule has 1 heterocycles. The predicted octanol–water partition coefficient (Wildman–Crippen LogP) is -0.364. The van der Waals surface area contributed by atoms with E-state index in [4.69, 9.17) is 10.5 Å². The standard InChI is InChI=1S/C15H18N2O6S/c1-15(6-7-24(21,22)9-15)17-12(18)8-23-14(20)11-4-2-10(3-5-11)13(16)19/h2-5H,6-9H2,1H3,(H2,16,19)(H,17,18)/t15-/m1/s1. The molecule has 2 rings (SSSR count). The number of primary amides is 1. The highest BCUT2D eigenvalue weighted by atomic mass is 32.2. The third-order valence-corrected chi connectivity index (χ3v) is 5.59. The van der Waals surface area contributed by atoms with Crippen LogP contribution in [-0.4, -0.2) is 49.9 Å². The van der Waals surface area contributed by atoms with Crippen LogP contribution < -0.4 is 11.1 Å². The van der Waals surface area contributed by atoms with Crippen molar-refractivity contribution in [3.8, 4) is 0 Å². The number of hydrogen-bond acceptors (Lipinski definition) is 6. The smallest absolute Gasteiger partial charge is 0.338 e. The quantitative estimate of drug-likeness (QED) is 0.694. The lowest BCUT2D eigenvalue weighted by molar-refractivity contribution is -0.125. The van der Waals surface area contributed by atoms with Gasteiger partial charge >= 0.3 is 5.97 Å². The summed E-state index contributed by atoms with van der Waals surface area (Å²) in [6.45, 7) is 1.12. The van der Waals surface area contributed by atoms with Crippen molar-refractivity contribution in [2.45, 2.75) is 18.9 Å². The van der Waals surface area contributed by atoms with Gasteiger partial charge < -0.3 is 15.8 Å². The Balaban J connectivity index is 1.87. The maximum absolute atomic E-state index is 11.9. The van der Waals surface area contributed by atoms with Gasteiger partial charge in [0.15, 0.2) is 16.4 Å². The lowest BCUT2D eigenvalue weighted by Crippen LogP contribution is -2.48. The van der Waals surface area contributed by atoms with Crippen LogP contribution in [0, 0.1) is 0 Å². The molecule has 1 aliphatic rings. The topological polar surface area (TPSA) is 133 Å². The van der Waals surface area contributed by atoms with E-state index in [2.05, 4.69) is 5.32 Å². The number of nitrogens with two attached hydrogens (primary N) is 1. The zero-order valence-electron chi connectivity index (χ0n) is 13.1.